The van der Waals surface area contributed by atoms with E-state index in [-0.39, 0.29) is 11.3 Å². The molecule has 0 aliphatic rings. The predicted molar refractivity (Wildman–Crippen MR) is 67.3 cm³/mol. The fourth-order valence-electron chi connectivity index (χ4n) is 2.02. The van der Waals surface area contributed by atoms with Crippen LogP contribution >= 0.6 is 0 Å². The van der Waals surface area contributed by atoms with Crippen molar-refractivity contribution in [1.29, 1.82) is 0 Å². The predicted octanol–water partition coefficient (Wildman–Crippen LogP) is 2.24. The Kier molecular flexibility index (Phi) is 3.31. The van der Waals surface area contributed by atoms with Gasteiger partial charge in [0, 0.05) is 5.56 Å². The summed E-state index contributed by atoms with van der Waals surface area (Å²) in [6.07, 6.45) is 1.24. The summed E-state index contributed by atoms with van der Waals surface area (Å²) in [5.41, 5.74) is -1.23. The number of benzene rings is 1. The molecule has 2 N–H and O–H groups in total. The van der Waals surface area contributed by atoms with Gasteiger partial charge in [-0.25, -0.2) is 4.79 Å². The molecule has 0 fully saturated rings. The monoisotopic (exact) mass is 262 g/mol. The van der Waals surface area contributed by atoms with Crippen molar-refractivity contribution in [2.75, 3.05) is 7.11 Å². The molecule has 2 rings (SSSR count). The lowest BCUT2D eigenvalue weighted by Gasteiger charge is -2.24. The van der Waals surface area contributed by atoms with E-state index in [9.17, 15) is 9.90 Å². The summed E-state index contributed by atoms with van der Waals surface area (Å²) in [5, 5.41) is 19.7. The van der Waals surface area contributed by atoms with E-state index in [2.05, 4.69) is 0 Å². The van der Waals surface area contributed by atoms with E-state index in [1.54, 1.807) is 24.3 Å². The Hall–Kier alpha value is -2.27. The molecule has 1 atom stereocenters. The highest BCUT2D eigenvalue weighted by Crippen LogP contribution is 2.37. The van der Waals surface area contributed by atoms with E-state index in [4.69, 9.17) is 14.3 Å². The normalized spacial score (nSPS) is 13.8. The highest BCUT2D eigenvalue weighted by Gasteiger charge is 2.36. The first-order valence-electron chi connectivity index (χ1n) is 5.65. The smallest absolute Gasteiger partial charge is 0.339 e. The van der Waals surface area contributed by atoms with Gasteiger partial charge in [0.15, 0.2) is 5.76 Å². The summed E-state index contributed by atoms with van der Waals surface area (Å²) >= 11 is 0. The molecule has 0 amide bonds. The molecule has 1 aromatic carbocycles. The van der Waals surface area contributed by atoms with Gasteiger partial charge in [-0.3, -0.25) is 0 Å². The number of carboxylic acid groups (broad SMARTS) is 1. The fraction of sp³-hybridized carbons (Fsp3) is 0.214. The van der Waals surface area contributed by atoms with Crippen LogP contribution in [0.5, 0.6) is 5.75 Å². The molecule has 0 saturated carbocycles. The number of hydrogen-bond acceptors (Lipinski definition) is 4. The van der Waals surface area contributed by atoms with Gasteiger partial charge in [-0.05, 0) is 19.1 Å². The summed E-state index contributed by atoms with van der Waals surface area (Å²) in [6, 6.07) is 8.15. The number of rotatable bonds is 4. The minimum absolute atomic E-state index is 0.0236. The quantitative estimate of drug-likeness (QED) is 0.883. The van der Waals surface area contributed by atoms with Gasteiger partial charge < -0.3 is 19.4 Å². The highest BCUT2D eigenvalue weighted by atomic mass is 16.5. The Bertz CT molecular complexity index is 597. The van der Waals surface area contributed by atoms with E-state index < -0.39 is 11.6 Å². The summed E-state index contributed by atoms with van der Waals surface area (Å²) in [4.78, 5) is 11.1. The Morgan fingerprint density at radius 1 is 1.32 bits per heavy atom. The number of carboxylic acids is 1. The molecular formula is C14H14O5. The number of para-hydroxylation sites is 1. The summed E-state index contributed by atoms with van der Waals surface area (Å²) in [6.45, 7) is 1.47. The van der Waals surface area contributed by atoms with Crippen LogP contribution in [0.25, 0.3) is 0 Å². The maximum Gasteiger partial charge on any atom is 0.339 e. The lowest BCUT2D eigenvalue weighted by atomic mass is 9.90. The minimum atomic E-state index is -1.59. The third kappa shape index (κ3) is 2.20. The molecule has 1 aromatic heterocycles. The Labute approximate surface area is 110 Å². The van der Waals surface area contributed by atoms with Crippen molar-refractivity contribution in [3.8, 4) is 5.75 Å². The maximum atomic E-state index is 11.1. The SMILES string of the molecule is COc1ccccc1C(C)(O)c1occc1C(=O)O. The van der Waals surface area contributed by atoms with E-state index in [0.717, 1.165) is 0 Å². The second-order valence-electron chi connectivity index (χ2n) is 4.24. The van der Waals surface area contributed by atoms with Gasteiger partial charge in [0.2, 0.25) is 0 Å². The van der Waals surface area contributed by atoms with Crippen molar-refractivity contribution in [1.82, 2.24) is 0 Å². The highest BCUT2D eigenvalue weighted by molar-refractivity contribution is 5.89. The van der Waals surface area contributed by atoms with Gasteiger partial charge in [-0.1, -0.05) is 18.2 Å². The molecule has 19 heavy (non-hydrogen) atoms. The zero-order valence-electron chi connectivity index (χ0n) is 10.6. The van der Waals surface area contributed by atoms with E-state index >= 15 is 0 Å². The van der Waals surface area contributed by atoms with Gasteiger partial charge in [-0.15, -0.1) is 0 Å². The molecule has 1 heterocycles. The topological polar surface area (TPSA) is 79.9 Å². The minimum Gasteiger partial charge on any atom is -0.496 e. The lowest BCUT2D eigenvalue weighted by molar-refractivity contribution is 0.0605. The van der Waals surface area contributed by atoms with Gasteiger partial charge in [0.25, 0.3) is 0 Å². The first-order chi connectivity index (χ1) is 8.98. The Morgan fingerprint density at radius 3 is 2.63 bits per heavy atom. The van der Waals surface area contributed by atoms with Crippen LogP contribution in [-0.2, 0) is 5.60 Å². The summed E-state index contributed by atoms with van der Waals surface area (Å²) in [5.74, 6) is -0.719. The molecule has 0 aliphatic heterocycles. The summed E-state index contributed by atoms with van der Waals surface area (Å²) < 4.78 is 10.3. The lowest BCUT2D eigenvalue weighted by Crippen LogP contribution is -2.25. The second kappa shape index (κ2) is 4.78. The standard InChI is InChI=1S/C14H14O5/c1-14(17,10-5-3-4-6-11(10)18-2)12-9(13(15)16)7-8-19-12/h3-8,17H,1-2H3,(H,15,16). The number of aliphatic hydroxyl groups is 1. The Morgan fingerprint density at radius 2 is 2.00 bits per heavy atom. The molecule has 0 bridgehead atoms. The number of aromatic carboxylic acids is 1. The largest absolute Gasteiger partial charge is 0.496 e. The van der Waals surface area contributed by atoms with Crippen LogP contribution in [0.15, 0.2) is 41.0 Å². The molecule has 0 spiro atoms. The van der Waals surface area contributed by atoms with Crippen molar-refractivity contribution in [3.05, 3.63) is 53.5 Å². The first kappa shape index (κ1) is 13.2. The molecule has 1 unspecified atom stereocenters. The number of methoxy groups -OCH3 is 1. The molecule has 0 saturated heterocycles. The van der Waals surface area contributed by atoms with Crippen LogP contribution < -0.4 is 4.74 Å². The van der Waals surface area contributed by atoms with Crippen LogP contribution in [0.3, 0.4) is 0 Å². The van der Waals surface area contributed by atoms with E-state index in [1.807, 2.05) is 0 Å². The van der Waals surface area contributed by atoms with Crippen molar-refractivity contribution in [3.63, 3.8) is 0 Å². The molecule has 0 radical (unpaired) electrons. The molecule has 5 nitrogen and oxygen atoms in total. The van der Waals surface area contributed by atoms with E-state index in [0.29, 0.717) is 11.3 Å². The maximum absolute atomic E-state index is 11.1. The van der Waals surface area contributed by atoms with Crippen molar-refractivity contribution < 1.29 is 24.2 Å². The van der Waals surface area contributed by atoms with Gasteiger partial charge in [-0.2, -0.15) is 0 Å². The molecular weight excluding hydrogens is 248 g/mol. The zero-order valence-corrected chi connectivity index (χ0v) is 10.6. The second-order valence-corrected chi connectivity index (χ2v) is 4.24. The number of furan rings is 1. The van der Waals surface area contributed by atoms with Crippen molar-refractivity contribution in [2.24, 2.45) is 0 Å². The number of carbonyl (C=O) groups is 1. The fourth-order valence-corrected chi connectivity index (χ4v) is 2.02. The average Bonchev–Trinajstić information content (AvgIpc) is 2.88. The third-order valence-corrected chi connectivity index (χ3v) is 2.97. The third-order valence-electron chi connectivity index (χ3n) is 2.97. The molecule has 5 heteroatoms. The summed E-state index contributed by atoms with van der Waals surface area (Å²) in [7, 11) is 1.48. The van der Waals surface area contributed by atoms with Crippen molar-refractivity contribution in [2.45, 2.75) is 12.5 Å². The van der Waals surface area contributed by atoms with Gasteiger partial charge in [0.05, 0.1) is 13.4 Å². The molecule has 100 valence electrons. The van der Waals surface area contributed by atoms with Gasteiger partial charge in [0.1, 0.15) is 16.9 Å². The van der Waals surface area contributed by atoms with Gasteiger partial charge >= 0.3 is 5.97 Å². The molecule has 0 aliphatic carbocycles. The molecule has 2 aromatic rings. The van der Waals surface area contributed by atoms with Crippen LogP contribution in [0.1, 0.15) is 28.6 Å². The zero-order chi connectivity index (χ0) is 14.0. The van der Waals surface area contributed by atoms with E-state index in [1.165, 1.54) is 26.4 Å². The van der Waals surface area contributed by atoms with Crippen LogP contribution in [0.2, 0.25) is 0 Å². The van der Waals surface area contributed by atoms with Crippen LogP contribution in [-0.4, -0.2) is 23.3 Å². The van der Waals surface area contributed by atoms with Crippen LogP contribution in [0, 0.1) is 0 Å². The van der Waals surface area contributed by atoms with Crippen molar-refractivity contribution >= 4 is 5.97 Å². The number of hydrogen-bond donors (Lipinski definition) is 2. The first-order valence-corrected chi connectivity index (χ1v) is 5.65. The van der Waals surface area contributed by atoms with Crippen LogP contribution in [0.4, 0.5) is 0 Å². The average molecular weight is 262 g/mol. The Balaban J connectivity index is 2.58. The number of ether oxygens (including phenoxy) is 1.